The molecule has 4 aromatic heterocycles. The highest BCUT2D eigenvalue weighted by Gasteiger charge is 2.10. The van der Waals surface area contributed by atoms with Crippen molar-refractivity contribution < 1.29 is 4.79 Å². The second kappa shape index (κ2) is 6.54. The number of aryl methyl sites for hydroxylation is 1. The molecule has 0 saturated heterocycles. The van der Waals surface area contributed by atoms with Crippen molar-refractivity contribution in [2.45, 2.75) is 0 Å². The number of anilines is 1. The third-order valence-electron chi connectivity index (χ3n) is 4.53. The van der Waals surface area contributed by atoms with Gasteiger partial charge in [-0.15, -0.1) is 11.3 Å². The van der Waals surface area contributed by atoms with E-state index in [9.17, 15) is 4.79 Å². The molecule has 5 aromatic rings. The predicted molar refractivity (Wildman–Crippen MR) is 112 cm³/mol. The van der Waals surface area contributed by atoms with Gasteiger partial charge in [-0.1, -0.05) is 0 Å². The van der Waals surface area contributed by atoms with Crippen LogP contribution in [0.2, 0.25) is 0 Å². The number of thiophene rings is 1. The van der Waals surface area contributed by atoms with Crippen molar-refractivity contribution in [1.29, 1.82) is 0 Å². The van der Waals surface area contributed by atoms with Crippen molar-refractivity contribution >= 4 is 44.1 Å². The van der Waals surface area contributed by atoms with E-state index in [2.05, 4.69) is 15.4 Å². The molecule has 7 heteroatoms. The summed E-state index contributed by atoms with van der Waals surface area (Å²) in [6.07, 6.45) is 5.41. The van der Waals surface area contributed by atoms with E-state index in [1.54, 1.807) is 34.5 Å². The molecule has 0 atom stereocenters. The third-order valence-corrected chi connectivity index (χ3v) is 5.43. The van der Waals surface area contributed by atoms with E-state index < -0.39 is 0 Å². The molecule has 0 spiro atoms. The molecule has 1 N–H and O–H groups in total. The zero-order chi connectivity index (χ0) is 19.1. The summed E-state index contributed by atoms with van der Waals surface area (Å²) in [5, 5.41) is 11.0. The van der Waals surface area contributed by atoms with Gasteiger partial charge in [0.1, 0.15) is 5.82 Å². The molecule has 0 unspecified atom stereocenters. The number of aromatic nitrogens is 4. The first-order valence-electron chi connectivity index (χ1n) is 8.70. The molecule has 5 rings (SSSR count). The summed E-state index contributed by atoms with van der Waals surface area (Å²) in [5.41, 5.74) is 3.13. The zero-order valence-corrected chi connectivity index (χ0v) is 15.8. The van der Waals surface area contributed by atoms with Crippen molar-refractivity contribution in [3.63, 3.8) is 0 Å². The Morgan fingerprint density at radius 1 is 1.07 bits per heavy atom. The van der Waals surface area contributed by atoms with Gasteiger partial charge in [0.25, 0.3) is 5.91 Å². The summed E-state index contributed by atoms with van der Waals surface area (Å²) >= 11 is 1.66. The highest BCUT2D eigenvalue weighted by Crippen LogP contribution is 2.24. The van der Waals surface area contributed by atoms with Crippen LogP contribution in [0, 0.1) is 0 Å². The Morgan fingerprint density at radius 2 is 2.00 bits per heavy atom. The molecule has 28 heavy (non-hydrogen) atoms. The molecule has 0 saturated carbocycles. The molecule has 0 bridgehead atoms. The molecule has 1 amide bonds. The number of fused-ring (bicyclic) bond motifs is 2. The summed E-state index contributed by atoms with van der Waals surface area (Å²) in [4.78, 5) is 21.7. The number of amides is 1. The van der Waals surface area contributed by atoms with Crippen molar-refractivity contribution in [3.05, 3.63) is 72.0 Å². The molecule has 0 aliphatic rings. The van der Waals surface area contributed by atoms with Gasteiger partial charge in [0.15, 0.2) is 0 Å². The van der Waals surface area contributed by atoms with Crippen LogP contribution in [0.3, 0.4) is 0 Å². The zero-order valence-electron chi connectivity index (χ0n) is 15.0. The minimum atomic E-state index is -0.191. The van der Waals surface area contributed by atoms with Gasteiger partial charge in [0.05, 0.1) is 17.4 Å². The van der Waals surface area contributed by atoms with Crippen LogP contribution >= 0.6 is 11.3 Å². The third kappa shape index (κ3) is 3.01. The van der Waals surface area contributed by atoms with E-state index in [4.69, 9.17) is 4.98 Å². The minimum Gasteiger partial charge on any atom is -0.307 e. The van der Waals surface area contributed by atoms with Crippen LogP contribution in [0.15, 0.2) is 66.4 Å². The molecular weight excluding hydrogens is 370 g/mol. The maximum absolute atomic E-state index is 12.6. The number of hydrogen-bond acceptors (Lipinski definition) is 5. The van der Waals surface area contributed by atoms with E-state index in [0.717, 1.165) is 32.2 Å². The molecule has 4 heterocycles. The first kappa shape index (κ1) is 16.6. The van der Waals surface area contributed by atoms with Crippen molar-refractivity contribution in [3.8, 4) is 11.3 Å². The summed E-state index contributed by atoms with van der Waals surface area (Å²) < 4.78 is 2.90. The number of carbonyl (C=O) groups excluding carboxylic acids is 1. The fraction of sp³-hybridized carbons (Fsp3) is 0.0476. The Hall–Kier alpha value is -3.58. The lowest BCUT2D eigenvalue weighted by atomic mass is 10.1. The van der Waals surface area contributed by atoms with E-state index >= 15 is 0 Å². The van der Waals surface area contributed by atoms with Crippen LogP contribution in [-0.2, 0) is 7.05 Å². The lowest BCUT2D eigenvalue weighted by Gasteiger charge is -2.07. The quantitative estimate of drug-likeness (QED) is 0.496. The van der Waals surface area contributed by atoms with Crippen LogP contribution in [0.5, 0.6) is 0 Å². The summed E-state index contributed by atoms with van der Waals surface area (Å²) in [6.45, 7) is 0. The lowest BCUT2D eigenvalue weighted by Crippen LogP contribution is -2.12. The van der Waals surface area contributed by atoms with Crippen LogP contribution in [0.1, 0.15) is 10.4 Å². The van der Waals surface area contributed by atoms with Gasteiger partial charge in [0, 0.05) is 46.7 Å². The largest absolute Gasteiger partial charge is 0.307 e. The lowest BCUT2D eigenvalue weighted by molar-refractivity contribution is 0.102. The Bertz CT molecular complexity index is 1340. The standard InChI is InChI=1S/C21H15N5OS/c1-26-12-16(11-23-26)17-4-2-15-10-22-20(9-18(15)24-17)25-21(27)14-3-5-19-13(8-14)6-7-28-19/h2-12H,1H3,(H,22,25,27). The maximum Gasteiger partial charge on any atom is 0.256 e. The van der Waals surface area contributed by atoms with E-state index in [-0.39, 0.29) is 5.91 Å². The molecule has 1 aromatic carbocycles. The number of pyridine rings is 2. The number of hydrogen-bond donors (Lipinski definition) is 1. The average molecular weight is 385 g/mol. The van der Waals surface area contributed by atoms with Crippen LogP contribution in [0.25, 0.3) is 32.2 Å². The number of nitrogens with zero attached hydrogens (tertiary/aromatic N) is 4. The Morgan fingerprint density at radius 3 is 2.86 bits per heavy atom. The smallest absolute Gasteiger partial charge is 0.256 e. The minimum absolute atomic E-state index is 0.191. The van der Waals surface area contributed by atoms with Crippen molar-refractivity contribution in [2.75, 3.05) is 5.32 Å². The number of carbonyl (C=O) groups is 1. The normalized spacial score (nSPS) is 11.2. The molecule has 0 radical (unpaired) electrons. The first-order chi connectivity index (χ1) is 13.7. The maximum atomic E-state index is 12.6. The van der Waals surface area contributed by atoms with Gasteiger partial charge in [-0.2, -0.15) is 5.10 Å². The highest BCUT2D eigenvalue weighted by molar-refractivity contribution is 7.17. The van der Waals surface area contributed by atoms with E-state index in [0.29, 0.717) is 11.4 Å². The predicted octanol–water partition coefficient (Wildman–Crippen LogP) is 4.50. The molecule has 6 nitrogen and oxygen atoms in total. The van der Waals surface area contributed by atoms with E-state index in [1.807, 2.05) is 55.0 Å². The van der Waals surface area contributed by atoms with E-state index in [1.165, 1.54) is 0 Å². The van der Waals surface area contributed by atoms with Crippen LogP contribution in [-0.4, -0.2) is 25.7 Å². The molecule has 0 aliphatic heterocycles. The SMILES string of the molecule is Cn1cc(-c2ccc3cnc(NC(=O)c4ccc5sccc5c4)cc3n2)cn1. The number of nitrogens with one attached hydrogen (secondary N) is 1. The van der Waals surface area contributed by atoms with Crippen LogP contribution in [0.4, 0.5) is 5.82 Å². The monoisotopic (exact) mass is 385 g/mol. The summed E-state index contributed by atoms with van der Waals surface area (Å²) in [7, 11) is 1.87. The second-order valence-electron chi connectivity index (χ2n) is 6.49. The summed E-state index contributed by atoms with van der Waals surface area (Å²) in [6, 6.07) is 13.4. The van der Waals surface area contributed by atoms with Gasteiger partial charge in [-0.3, -0.25) is 9.48 Å². The van der Waals surface area contributed by atoms with Gasteiger partial charge >= 0.3 is 0 Å². The summed E-state index contributed by atoms with van der Waals surface area (Å²) in [5.74, 6) is 0.280. The van der Waals surface area contributed by atoms with Crippen molar-refractivity contribution in [1.82, 2.24) is 19.7 Å². The highest BCUT2D eigenvalue weighted by atomic mass is 32.1. The number of benzene rings is 1. The van der Waals surface area contributed by atoms with Crippen molar-refractivity contribution in [2.24, 2.45) is 7.05 Å². The Balaban J connectivity index is 1.45. The van der Waals surface area contributed by atoms with Gasteiger partial charge in [-0.05, 0) is 47.2 Å². The fourth-order valence-electron chi connectivity index (χ4n) is 3.10. The van der Waals surface area contributed by atoms with Gasteiger partial charge in [-0.25, -0.2) is 9.97 Å². The van der Waals surface area contributed by atoms with Gasteiger partial charge < -0.3 is 5.32 Å². The molecule has 136 valence electrons. The molecule has 0 aliphatic carbocycles. The number of rotatable bonds is 3. The Labute approximate surface area is 164 Å². The molecule has 0 fully saturated rings. The second-order valence-corrected chi connectivity index (χ2v) is 7.44. The van der Waals surface area contributed by atoms with Crippen LogP contribution < -0.4 is 5.32 Å². The fourth-order valence-corrected chi connectivity index (χ4v) is 3.87. The average Bonchev–Trinajstić information content (AvgIpc) is 3.35. The first-order valence-corrected chi connectivity index (χ1v) is 9.58. The molecular formula is C21H15N5OS. The Kier molecular flexibility index (Phi) is 3.87. The van der Waals surface area contributed by atoms with Gasteiger partial charge in [0.2, 0.25) is 0 Å². The topological polar surface area (TPSA) is 72.7 Å².